The van der Waals surface area contributed by atoms with E-state index in [0.29, 0.717) is 12.1 Å². The lowest BCUT2D eigenvalue weighted by atomic mass is 9.80. The highest BCUT2D eigenvalue weighted by Crippen LogP contribution is 2.22. The van der Waals surface area contributed by atoms with Crippen molar-refractivity contribution in [3.05, 3.63) is 29.8 Å². The number of benzene rings is 1. The molecule has 5 heteroatoms. The summed E-state index contributed by atoms with van der Waals surface area (Å²) in [6.07, 6.45) is 0.830. The maximum atomic E-state index is 9.04. The molecule has 1 heterocycles. The lowest BCUT2D eigenvalue weighted by Gasteiger charge is -2.11. The molecule has 1 aromatic carbocycles. The molecular weight excluding hydrogens is 241 g/mol. The molecule has 1 aromatic rings. The van der Waals surface area contributed by atoms with Crippen molar-refractivity contribution in [2.24, 2.45) is 10.9 Å². The molecule has 0 fully saturated rings. The number of hydrogen-bond acceptors (Lipinski definition) is 4. The molecule has 0 saturated heterocycles. The van der Waals surface area contributed by atoms with E-state index in [-0.39, 0.29) is 11.5 Å². The molecule has 2 N–H and O–H groups in total. The Morgan fingerprint density at radius 2 is 1.95 bits per heavy atom. The summed E-state index contributed by atoms with van der Waals surface area (Å²) >= 11 is 0. The second-order valence-electron chi connectivity index (χ2n) is 5.77. The van der Waals surface area contributed by atoms with Crippen LogP contribution in [0.15, 0.2) is 29.3 Å². The fourth-order valence-electron chi connectivity index (χ4n) is 2.13. The molecule has 2 rings (SSSR count). The molecule has 19 heavy (non-hydrogen) atoms. The summed E-state index contributed by atoms with van der Waals surface area (Å²) in [5.74, 6) is 1.04. The quantitative estimate of drug-likeness (QED) is 0.786. The van der Waals surface area contributed by atoms with Crippen LogP contribution in [0.3, 0.4) is 0 Å². The first-order chi connectivity index (χ1) is 8.87. The Hall–Kier alpha value is -1.33. The fraction of sp³-hybridized carbons (Fsp3) is 0.500. The summed E-state index contributed by atoms with van der Waals surface area (Å²) in [7, 11) is -1.41. The first-order valence-electron chi connectivity index (χ1n) is 6.55. The normalized spacial score (nSPS) is 18.7. The van der Waals surface area contributed by atoms with E-state index < -0.39 is 7.12 Å². The van der Waals surface area contributed by atoms with E-state index in [2.05, 4.69) is 25.8 Å². The lowest BCUT2D eigenvalue weighted by molar-refractivity contribution is 0.266. The summed E-state index contributed by atoms with van der Waals surface area (Å²) in [6.45, 7) is 6.85. The van der Waals surface area contributed by atoms with Gasteiger partial charge in [0.1, 0.15) is 6.61 Å². The van der Waals surface area contributed by atoms with E-state index in [9.17, 15) is 0 Å². The van der Waals surface area contributed by atoms with Crippen LogP contribution in [0.1, 0.15) is 26.3 Å². The molecule has 1 atom stereocenters. The molecule has 1 aliphatic heterocycles. The maximum Gasteiger partial charge on any atom is 0.488 e. The Kier molecular flexibility index (Phi) is 3.97. The number of nitrogens with zero attached hydrogens (tertiary/aromatic N) is 1. The van der Waals surface area contributed by atoms with Crippen LogP contribution in [0.2, 0.25) is 0 Å². The molecule has 1 aliphatic rings. The van der Waals surface area contributed by atoms with Crippen LogP contribution in [0.4, 0.5) is 0 Å². The highest BCUT2D eigenvalue weighted by molar-refractivity contribution is 6.58. The minimum absolute atomic E-state index is 0.117. The molecule has 1 unspecified atom stereocenters. The molecule has 0 radical (unpaired) electrons. The van der Waals surface area contributed by atoms with Gasteiger partial charge in [-0.3, -0.25) is 0 Å². The molecule has 102 valence electrons. The third kappa shape index (κ3) is 3.58. The van der Waals surface area contributed by atoms with Gasteiger partial charge in [-0.2, -0.15) is 0 Å². The van der Waals surface area contributed by atoms with E-state index >= 15 is 0 Å². The van der Waals surface area contributed by atoms with Crippen molar-refractivity contribution in [3.63, 3.8) is 0 Å². The van der Waals surface area contributed by atoms with Gasteiger partial charge in [-0.1, -0.05) is 31.2 Å². The van der Waals surface area contributed by atoms with Crippen molar-refractivity contribution in [1.82, 2.24) is 0 Å². The van der Waals surface area contributed by atoms with Crippen LogP contribution in [-0.4, -0.2) is 35.2 Å². The van der Waals surface area contributed by atoms with Gasteiger partial charge in [0.05, 0.1) is 5.54 Å². The highest BCUT2D eigenvalue weighted by Gasteiger charge is 2.29. The van der Waals surface area contributed by atoms with Crippen molar-refractivity contribution in [2.45, 2.75) is 32.7 Å². The zero-order valence-corrected chi connectivity index (χ0v) is 11.6. The van der Waals surface area contributed by atoms with E-state index in [1.54, 1.807) is 12.1 Å². The molecule has 0 spiro atoms. The Labute approximate surface area is 114 Å². The number of hydrogen-bond donors (Lipinski definition) is 2. The fourth-order valence-corrected chi connectivity index (χ4v) is 2.13. The van der Waals surface area contributed by atoms with E-state index in [1.165, 1.54) is 0 Å². The largest absolute Gasteiger partial charge is 0.488 e. The molecule has 0 amide bonds. The van der Waals surface area contributed by atoms with Crippen LogP contribution in [0.5, 0.6) is 0 Å². The van der Waals surface area contributed by atoms with Gasteiger partial charge in [0.2, 0.25) is 0 Å². The minimum atomic E-state index is -1.41. The summed E-state index contributed by atoms with van der Waals surface area (Å²) in [4.78, 5) is 4.58. The lowest BCUT2D eigenvalue weighted by Crippen LogP contribution is -2.29. The van der Waals surface area contributed by atoms with Crippen molar-refractivity contribution in [3.8, 4) is 0 Å². The minimum Gasteiger partial charge on any atom is -0.478 e. The van der Waals surface area contributed by atoms with Crippen molar-refractivity contribution in [1.29, 1.82) is 0 Å². The van der Waals surface area contributed by atoms with Crippen LogP contribution in [-0.2, 0) is 11.2 Å². The van der Waals surface area contributed by atoms with Crippen molar-refractivity contribution >= 4 is 18.5 Å². The summed E-state index contributed by atoms with van der Waals surface area (Å²) < 4.78 is 5.63. The number of rotatable bonds is 4. The topological polar surface area (TPSA) is 62.0 Å². The molecule has 0 aliphatic carbocycles. The van der Waals surface area contributed by atoms with Crippen molar-refractivity contribution in [2.75, 3.05) is 6.61 Å². The summed E-state index contributed by atoms with van der Waals surface area (Å²) in [5.41, 5.74) is 1.52. The molecule has 0 saturated carbocycles. The van der Waals surface area contributed by atoms with E-state index in [1.807, 2.05) is 12.1 Å². The summed E-state index contributed by atoms with van der Waals surface area (Å²) in [6, 6.07) is 7.28. The maximum absolute atomic E-state index is 9.04. The second kappa shape index (κ2) is 5.35. The SMILES string of the molecule is CC(Cc1ccc(B(O)O)cc1)C1=NC(C)(C)CO1. The Morgan fingerprint density at radius 1 is 1.32 bits per heavy atom. The van der Waals surface area contributed by atoms with Crippen molar-refractivity contribution < 1.29 is 14.8 Å². The molecular formula is C14H20BNO3. The van der Waals surface area contributed by atoms with E-state index in [4.69, 9.17) is 14.8 Å². The Balaban J connectivity index is 2.01. The van der Waals surface area contributed by atoms with Gasteiger partial charge in [0.15, 0.2) is 5.90 Å². The van der Waals surface area contributed by atoms with E-state index in [0.717, 1.165) is 17.9 Å². The molecule has 4 nitrogen and oxygen atoms in total. The van der Waals surface area contributed by atoms with Gasteiger partial charge in [-0.05, 0) is 31.3 Å². The third-order valence-electron chi connectivity index (χ3n) is 3.23. The predicted octanol–water partition coefficient (Wildman–Crippen LogP) is 0.752. The van der Waals surface area contributed by atoms with Crippen LogP contribution in [0, 0.1) is 5.92 Å². The Bertz CT molecular complexity index is 468. The van der Waals surface area contributed by atoms with Crippen LogP contribution >= 0.6 is 0 Å². The van der Waals surface area contributed by atoms with Gasteiger partial charge < -0.3 is 14.8 Å². The standard InChI is InChI=1S/C14H20BNO3/c1-10(13-16-14(2,3)9-19-13)8-11-4-6-12(7-5-11)15(17)18/h4-7,10,17-18H,8-9H2,1-3H3. The van der Waals surface area contributed by atoms with Gasteiger partial charge >= 0.3 is 7.12 Å². The monoisotopic (exact) mass is 261 g/mol. The zero-order chi connectivity index (χ0) is 14.0. The van der Waals surface area contributed by atoms with Crippen LogP contribution < -0.4 is 5.46 Å². The van der Waals surface area contributed by atoms with Gasteiger partial charge in [0, 0.05) is 5.92 Å². The first-order valence-corrected chi connectivity index (χ1v) is 6.55. The van der Waals surface area contributed by atoms with Gasteiger partial charge in [0.25, 0.3) is 0 Å². The zero-order valence-electron chi connectivity index (χ0n) is 11.6. The average molecular weight is 261 g/mol. The highest BCUT2D eigenvalue weighted by atomic mass is 16.5. The molecule has 0 aromatic heterocycles. The Morgan fingerprint density at radius 3 is 2.42 bits per heavy atom. The second-order valence-corrected chi connectivity index (χ2v) is 5.77. The van der Waals surface area contributed by atoms with Crippen LogP contribution in [0.25, 0.3) is 0 Å². The smallest absolute Gasteiger partial charge is 0.478 e. The summed E-state index contributed by atoms with van der Waals surface area (Å²) in [5, 5.41) is 18.1. The van der Waals surface area contributed by atoms with Gasteiger partial charge in [-0.25, -0.2) is 4.99 Å². The van der Waals surface area contributed by atoms with Gasteiger partial charge in [-0.15, -0.1) is 0 Å². The first kappa shape index (κ1) is 14.1. The number of ether oxygens (including phenoxy) is 1. The number of aliphatic imine (C=N–C) groups is 1. The molecule has 0 bridgehead atoms. The predicted molar refractivity (Wildman–Crippen MR) is 76.6 cm³/mol. The average Bonchev–Trinajstić information content (AvgIpc) is 2.70. The third-order valence-corrected chi connectivity index (χ3v) is 3.23.